The predicted molar refractivity (Wildman–Crippen MR) is 116 cm³/mol. The molecular weight excluding hydrogens is 441 g/mol. The summed E-state index contributed by atoms with van der Waals surface area (Å²) in [6.45, 7) is 1.84. The maximum absolute atomic E-state index is 13.5. The minimum absolute atomic E-state index is 0.0277. The Morgan fingerprint density at radius 1 is 0.906 bits per heavy atom. The molecule has 0 heterocycles. The van der Waals surface area contributed by atoms with Crippen LogP contribution in [0.2, 0.25) is 0 Å². The van der Waals surface area contributed by atoms with Gasteiger partial charge in [-0.1, -0.05) is 48.0 Å². The monoisotopic (exact) mass is 462 g/mol. The summed E-state index contributed by atoms with van der Waals surface area (Å²) < 4.78 is 67.1. The van der Waals surface area contributed by atoms with E-state index in [1.807, 2.05) is 12.2 Å². The van der Waals surface area contributed by atoms with Gasteiger partial charge in [-0.2, -0.15) is 13.2 Å². The van der Waals surface area contributed by atoms with Gasteiger partial charge in [0.15, 0.2) is 6.04 Å². The second kappa shape index (κ2) is 9.04. The maximum atomic E-state index is 13.5. The molecule has 3 rings (SSSR count). The summed E-state index contributed by atoms with van der Waals surface area (Å²) in [5.74, 6) is -0.924. The Balaban J connectivity index is 1.80. The lowest BCUT2D eigenvalue weighted by Crippen LogP contribution is -2.38. The van der Waals surface area contributed by atoms with E-state index in [9.17, 15) is 26.4 Å². The van der Waals surface area contributed by atoms with Crippen LogP contribution in [0.15, 0.2) is 83.8 Å². The van der Waals surface area contributed by atoms with Crippen LogP contribution in [0.3, 0.4) is 0 Å². The lowest BCUT2D eigenvalue weighted by molar-refractivity contribution is -0.155. The van der Waals surface area contributed by atoms with Crippen molar-refractivity contribution in [1.82, 2.24) is 5.32 Å². The zero-order valence-electron chi connectivity index (χ0n) is 17.3. The first-order chi connectivity index (χ1) is 15.0. The van der Waals surface area contributed by atoms with Crippen LogP contribution in [0.25, 0.3) is 0 Å². The van der Waals surface area contributed by atoms with Gasteiger partial charge in [0.1, 0.15) is 0 Å². The Kier molecular flexibility index (Phi) is 6.59. The van der Waals surface area contributed by atoms with Crippen molar-refractivity contribution in [1.29, 1.82) is 0 Å². The number of halogens is 3. The van der Waals surface area contributed by atoms with Gasteiger partial charge in [-0.25, -0.2) is 8.42 Å². The summed E-state index contributed by atoms with van der Waals surface area (Å²) in [7, 11) is -2.47. The summed E-state index contributed by atoms with van der Waals surface area (Å²) in [4.78, 5) is 12.6. The molecule has 0 saturated carbocycles. The highest BCUT2D eigenvalue weighted by molar-refractivity contribution is 7.92. The Morgan fingerprint density at radius 2 is 1.47 bits per heavy atom. The number of rotatable bonds is 6. The number of benzene rings is 3. The highest BCUT2D eigenvalue weighted by Gasteiger charge is 2.41. The van der Waals surface area contributed by atoms with E-state index < -0.39 is 28.1 Å². The van der Waals surface area contributed by atoms with Crippen LogP contribution >= 0.6 is 0 Å². The molecule has 0 aromatic heterocycles. The molecule has 0 aliphatic carbocycles. The minimum Gasteiger partial charge on any atom is -0.337 e. The fourth-order valence-electron chi connectivity index (χ4n) is 3.04. The summed E-state index contributed by atoms with van der Waals surface area (Å²) in [5.41, 5.74) is 1.06. The van der Waals surface area contributed by atoms with Gasteiger partial charge >= 0.3 is 6.18 Å². The molecule has 0 aliphatic rings. The zero-order valence-corrected chi connectivity index (χ0v) is 18.1. The number of anilines is 1. The van der Waals surface area contributed by atoms with Crippen LogP contribution in [0.1, 0.15) is 27.5 Å². The number of carbonyl (C=O) groups excluding carboxylic acids is 1. The molecule has 0 fully saturated rings. The number of hydrogen-bond donors (Lipinski definition) is 1. The molecule has 32 heavy (non-hydrogen) atoms. The number of nitrogens with zero attached hydrogens (tertiary/aromatic N) is 1. The predicted octanol–water partition coefficient (Wildman–Crippen LogP) is 4.85. The Morgan fingerprint density at radius 3 is 2.00 bits per heavy atom. The van der Waals surface area contributed by atoms with E-state index in [4.69, 9.17) is 0 Å². The average molecular weight is 462 g/mol. The van der Waals surface area contributed by atoms with Gasteiger partial charge in [0, 0.05) is 12.6 Å². The second-order valence-electron chi connectivity index (χ2n) is 7.19. The van der Waals surface area contributed by atoms with Gasteiger partial charge in [-0.15, -0.1) is 0 Å². The molecule has 3 aromatic rings. The second-order valence-corrected chi connectivity index (χ2v) is 9.16. The molecule has 0 bridgehead atoms. The normalized spacial score (nSPS) is 12.8. The number of aryl methyl sites for hydroxylation is 1. The Hall–Kier alpha value is -3.33. The summed E-state index contributed by atoms with van der Waals surface area (Å²) in [6.07, 6.45) is -4.68. The van der Waals surface area contributed by atoms with E-state index in [1.165, 1.54) is 67.7 Å². The molecule has 9 heteroatoms. The van der Waals surface area contributed by atoms with Crippen LogP contribution in [-0.2, 0) is 10.0 Å². The lowest BCUT2D eigenvalue weighted by Gasteiger charge is -2.22. The number of amides is 1. The first-order valence-electron chi connectivity index (χ1n) is 9.58. The third-order valence-corrected chi connectivity index (χ3v) is 6.71. The summed E-state index contributed by atoms with van der Waals surface area (Å²) >= 11 is 0. The van der Waals surface area contributed by atoms with Crippen LogP contribution in [0, 0.1) is 6.92 Å². The summed E-state index contributed by atoms with van der Waals surface area (Å²) in [6, 6.07) is 16.5. The molecule has 168 valence electrons. The average Bonchev–Trinajstić information content (AvgIpc) is 2.77. The lowest BCUT2D eigenvalue weighted by atomic mass is 10.1. The van der Waals surface area contributed by atoms with Gasteiger partial charge in [0.2, 0.25) is 0 Å². The molecular formula is C23H21F3N2O3S. The van der Waals surface area contributed by atoms with Crippen LogP contribution in [0.4, 0.5) is 18.9 Å². The third-order valence-electron chi connectivity index (χ3n) is 4.91. The van der Waals surface area contributed by atoms with Crippen molar-refractivity contribution in [3.05, 3.63) is 95.6 Å². The molecule has 1 atom stereocenters. The molecule has 0 saturated heterocycles. The van der Waals surface area contributed by atoms with E-state index in [0.717, 1.165) is 9.87 Å². The number of sulfonamides is 1. The van der Waals surface area contributed by atoms with Crippen LogP contribution < -0.4 is 9.62 Å². The van der Waals surface area contributed by atoms with Crippen molar-refractivity contribution < 1.29 is 26.4 Å². The van der Waals surface area contributed by atoms with Crippen molar-refractivity contribution in [2.45, 2.75) is 24.0 Å². The molecule has 5 nitrogen and oxygen atoms in total. The van der Waals surface area contributed by atoms with Crippen molar-refractivity contribution >= 4 is 21.6 Å². The Labute approximate surface area is 184 Å². The summed E-state index contributed by atoms with van der Waals surface area (Å²) in [5, 5.41) is 2.00. The Bertz CT molecular complexity index is 1180. The van der Waals surface area contributed by atoms with Crippen LogP contribution in [0.5, 0.6) is 0 Å². The van der Waals surface area contributed by atoms with Gasteiger partial charge in [-0.05, 0) is 48.9 Å². The molecule has 0 radical (unpaired) electrons. The molecule has 1 unspecified atom stereocenters. The van der Waals surface area contributed by atoms with E-state index in [0.29, 0.717) is 0 Å². The third kappa shape index (κ3) is 5.11. The molecule has 0 spiro atoms. The van der Waals surface area contributed by atoms with E-state index >= 15 is 0 Å². The highest BCUT2D eigenvalue weighted by atomic mass is 32.2. The van der Waals surface area contributed by atoms with E-state index in [2.05, 4.69) is 0 Å². The van der Waals surface area contributed by atoms with Gasteiger partial charge in [0.25, 0.3) is 15.9 Å². The first-order valence-corrected chi connectivity index (χ1v) is 11.0. The number of hydrogen-bond acceptors (Lipinski definition) is 3. The standard InChI is InChI=1S/C23H21F3N2O3S/c1-16-8-14-20(15-9-16)32(30,31)28(2)19-12-10-18(11-13-19)22(29)27-21(23(24,25)26)17-6-4-3-5-7-17/h3-15,21H,1-2H3,(H,27,29). The van der Waals surface area contributed by atoms with Gasteiger partial charge < -0.3 is 5.32 Å². The smallest absolute Gasteiger partial charge is 0.337 e. The van der Waals surface area contributed by atoms with Gasteiger partial charge in [0.05, 0.1) is 10.6 Å². The fourth-order valence-corrected chi connectivity index (χ4v) is 4.24. The van der Waals surface area contributed by atoms with E-state index in [1.54, 1.807) is 18.2 Å². The molecule has 3 aromatic carbocycles. The quantitative estimate of drug-likeness (QED) is 0.569. The molecule has 1 amide bonds. The van der Waals surface area contributed by atoms with Crippen LogP contribution in [-0.4, -0.2) is 27.5 Å². The maximum Gasteiger partial charge on any atom is 0.412 e. The van der Waals surface area contributed by atoms with Gasteiger partial charge in [-0.3, -0.25) is 9.10 Å². The molecule has 1 N–H and O–H groups in total. The van der Waals surface area contributed by atoms with Crippen molar-refractivity contribution in [3.8, 4) is 0 Å². The SMILES string of the molecule is Cc1ccc(S(=O)(=O)N(C)c2ccc(C(=O)NC(c3ccccc3)C(F)(F)F)cc2)cc1. The van der Waals surface area contributed by atoms with Crippen molar-refractivity contribution in [2.75, 3.05) is 11.4 Å². The van der Waals surface area contributed by atoms with E-state index in [-0.39, 0.29) is 21.7 Å². The number of carbonyl (C=O) groups is 1. The minimum atomic E-state index is -4.68. The fraction of sp³-hybridized carbons (Fsp3) is 0.174. The largest absolute Gasteiger partial charge is 0.412 e. The molecule has 0 aliphatic heterocycles. The van der Waals surface area contributed by atoms with Crippen molar-refractivity contribution in [2.24, 2.45) is 0 Å². The highest BCUT2D eigenvalue weighted by Crippen LogP contribution is 2.33. The first kappa shape index (κ1) is 23.3. The number of alkyl halides is 3. The topological polar surface area (TPSA) is 66.5 Å². The van der Waals surface area contributed by atoms with Crippen molar-refractivity contribution in [3.63, 3.8) is 0 Å². The zero-order chi connectivity index (χ0) is 23.5. The number of nitrogens with one attached hydrogen (secondary N) is 1.